The molecule has 2 saturated carbocycles. The van der Waals surface area contributed by atoms with E-state index in [1.807, 2.05) is 60.3 Å². The van der Waals surface area contributed by atoms with Crippen LogP contribution in [0.15, 0.2) is 61.8 Å². The summed E-state index contributed by atoms with van der Waals surface area (Å²) in [5, 5.41) is 1.98. The van der Waals surface area contributed by atoms with Gasteiger partial charge in [-0.3, -0.25) is 14.5 Å². The number of thiophene rings is 1. The van der Waals surface area contributed by atoms with Gasteiger partial charge in [-0.05, 0) is 95.7 Å². The van der Waals surface area contributed by atoms with Crippen molar-refractivity contribution in [2.45, 2.75) is 103 Å². The van der Waals surface area contributed by atoms with Gasteiger partial charge >= 0.3 is 12.1 Å². The summed E-state index contributed by atoms with van der Waals surface area (Å²) in [6.45, 7) is 14.9. The predicted octanol–water partition coefficient (Wildman–Crippen LogP) is 8.01. The van der Waals surface area contributed by atoms with Gasteiger partial charge in [-0.25, -0.2) is 14.8 Å². The van der Waals surface area contributed by atoms with Gasteiger partial charge in [-0.1, -0.05) is 44.4 Å². The third-order valence-electron chi connectivity index (χ3n) is 8.97. The van der Waals surface area contributed by atoms with E-state index in [0.717, 1.165) is 67.5 Å². The molecule has 306 valence electrons. The molecule has 3 atom stereocenters. The van der Waals surface area contributed by atoms with Crippen LogP contribution in [0.3, 0.4) is 0 Å². The minimum absolute atomic E-state index is 0.00463. The Kier molecular flexibility index (Phi) is 24.6. The van der Waals surface area contributed by atoms with Crippen LogP contribution in [0.5, 0.6) is 5.88 Å². The third-order valence-corrected chi connectivity index (χ3v) is 9.86. The quantitative estimate of drug-likeness (QED) is 0.110. The fourth-order valence-electron chi connectivity index (χ4n) is 5.91. The molecule has 3 aromatic rings. The minimum atomic E-state index is -0.637. The summed E-state index contributed by atoms with van der Waals surface area (Å²) in [7, 11) is 6.90. The van der Waals surface area contributed by atoms with E-state index in [4.69, 9.17) is 20.9 Å². The second-order valence-electron chi connectivity index (χ2n) is 13.1. The highest BCUT2D eigenvalue weighted by Crippen LogP contribution is 2.40. The van der Waals surface area contributed by atoms with Crippen molar-refractivity contribution in [3.05, 3.63) is 61.8 Å². The standard InChI is InChI=1S/C11H10N4OS.C8H12O2.C8H16.C6H12N2O.C6H11NO2.C2H4/c1-15-5-4-12-10(15)9-13-7-3-6-17-8(7)11(14-9)16-2;1-3-4-6-5-7(6)8(9)10-2;1-3-5-7-8-6-4-2;1-8-4-2-3-5(8)6(7)9;7-6(8)9-5-3-1-2-4-5;1-2/h3-6H,1-2H3;3-4,6-7H,5H2,1-2H3;3H,1,4-8H2,2H3;5H,2-4H2,1H3,(H2,7,9);5H,1-4H2,(H2,7,8);1-2H2/b;4-3-;;;;. The van der Waals surface area contributed by atoms with E-state index in [2.05, 4.69) is 52.4 Å². The number of likely N-dealkylation sites (N-methyl/N-ethyl adjacent to an activating group) is 1. The highest BCUT2D eigenvalue weighted by atomic mass is 32.1. The lowest BCUT2D eigenvalue weighted by Gasteiger charge is -2.14. The minimum Gasteiger partial charge on any atom is -0.480 e. The topological polar surface area (TPSA) is 178 Å². The number of methoxy groups -OCH3 is 2. The second-order valence-corrected chi connectivity index (χ2v) is 14.0. The van der Waals surface area contributed by atoms with Crippen molar-refractivity contribution in [1.82, 2.24) is 24.4 Å². The molecule has 1 aliphatic heterocycles. The second kappa shape index (κ2) is 27.9. The number of primary amides is 2. The molecule has 14 heteroatoms. The van der Waals surface area contributed by atoms with E-state index in [1.165, 1.54) is 39.2 Å². The van der Waals surface area contributed by atoms with Crippen LogP contribution >= 0.6 is 11.3 Å². The van der Waals surface area contributed by atoms with Crippen LogP contribution in [0.1, 0.15) is 90.9 Å². The molecule has 0 aromatic carbocycles. The summed E-state index contributed by atoms with van der Waals surface area (Å²) < 4.78 is 17.5. The lowest BCUT2D eigenvalue weighted by atomic mass is 10.2. The Bertz CT molecular complexity index is 1590. The van der Waals surface area contributed by atoms with Crippen molar-refractivity contribution in [3.63, 3.8) is 0 Å². The first kappa shape index (κ1) is 48.5. The zero-order valence-electron chi connectivity index (χ0n) is 33.9. The Labute approximate surface area is 332 Å². The fourth-order valence-corrected chi connectivity index (χ4v) is 6.71. The smallest absolute Gasteiger partial charge is 0.404 e. The highest BCUT2D eigenvalue weighted by Gasteiger charge is 2.41. The number of amides is 2. The van der Waals surface area contributed by atoms with Gasteiger partial charge < -0.3 is 30.2 Å². The van der Waals surface area contributed by atoms with Crippen molar-refractivity contribution in [3.8, 4) is 17.5 Å². The number of nitrogens with two attached hydrogens (primary N) is 2. The number of nitrogens with zero attached hydrogens (tertiary/aromatic N) is 5. The molecule has 0 radical (unpaired) electrons. The molecule has 1 saturated heterocycles. The monoisotopic (exact) mass is 783 g/mol. The van der Waals surface area contributed by atoms with Crippen LogP contribution < -0.4 is 16.2 Å². The van der Waals surface area contributed by atoms with E-state index in [1.54, 1.807) is 24.6 Å². The Morgan fingerprint density at radius 2 is 1.75 bits per heavy atom. The first-order valence-corrected chi connectivity index (χ1v) is 19.9. The van der Waals surface area contributed by atoms with Crippen LogP contribution in [-0.2, 0) is 26.1 Å². The lowest BCUT2D eigenvalue weighted by Crippen LogP contribution is -2.37. The highest BCUT2D eigenvalue weighted by molar-refractivity contribution is 7.17. The van der Waals surface area contributed by atoms with Crippen LogP contribution in [-0.4, -0.2) is 82.3 Å². The predicted molar refractivity (Wildman–Crippen MR) is 223 cm³/mol. The number of allylic oxidation sites excluding steroid dienone is 3. The van der Waals surface area contributed by atoms with E-state index >= 15 is 0 Å². The Morgan fingerprint density at radius 3 is 2.24 bits per heavy atom. The zero-order chi connectivity index (χ0) is 41.2. The normalized spacial score (nSPS) is 18.3. The number of likely N-dealkylation sites (tertiary alicyclic amines) is 1. The molecule has 2 amide bonds. The zero-order valence-corrected chi connectivity index (χ0v) is 34.7. The number of aromatic nitrogens is 4. The molecule has 55 heavy (non-hydrogen) atoms. The number of carbonyl (C=O) groups is 3. The van der Waals surface area contributed by atoms with E-state index in [-0.39, 0.29) is 29.9 Å². The maximum Gasteiger partial charge on any atom is 0.404 e. The number of ether oxygens (including phenoxy) is 3. The number of rotatable bonds is 11. The van der Waals surface area contributed by atoms with Crippen LogP contribution in [0, 0.1) is 11.8 Å². The molecular formula is C41H65N7O6S. The summed E-state index contributed by atoms with van der Waals surface area (Å²) in [6.07, 6.45) is 23.0. The summed E-state index contributed by atoms with van der Waals surface area (Å²) in [5.74, 6) is 2.27. The van der Waals surface area contributed by atoms with Crippen molar-refractivity contribution >= 4 is 39.5 Å². The number of unbranched alkanes of at least 4 members (excludes halogenated alkanes) is 4. The summed E-state index contributed by atoms with van der Waals surface area (Å²) in [4.78, 5) is 46.7. The number of esters is 1. The number of carbonyl (C=O) groups excluding carboxylic acids is 3. The van der Waals surface area contributed by atoms with Crippen LogP contribution in [0.2, 0.25) is 0 Å². The number of aryl methyl sites for hydroxylation is 1. The molecule has 4 heterocycles. The number of fused-ring (bicyclic) bond motifs is 1. The summed E-state index contributed by atoms with van der Waals surface area (Å²) in [6, 6.07) is 1.96. The molecule has 3 fully saturated rings. The molecule has 4 N–H and O–H groups in total. The van der Waals surface area contributed by atoms with Gasteiger partial charge in [0.15, 0.2) is 11.6 Å². The van der Waals surface area contributed by atoms with Gasteiger partial charge in [0.05, 0.1) is 31.7 Å². The Morgan fingerprint density at radius 1 is 1.04 bits per heavy atom. The molecule has 3 unspecified atom stereocenters. The van der Waals surface area contributed by atoms with E-state index < -0.39 is 6.09 Å². The van der Waals surface area contributed by atoms with Gasteiger partial charge in [0.25, 0.3) is 0 Å². The van der Waals surface area contributed by atoms with Gasteiger partial charge in [-0.2, -0.15) is 4.98 Å². The van der Waals surface area contributed by atoms with Crippen LogP contribution in [0.25, 0.3) is 21.9 Å². The van der Waals surface area contributed by atoms with Gasteiger partial charge in [0.1, 0.15) is 10.8 Å². The lowest BCUT2D eigenvalue weighted by molar-refractivity contribution is -0.142. The number of hydrogen-bond acceptors (Lipinski definition) is 11. The van der Waals surface area contributed by atoms with E-state index in [0.29, 0.717) is 17.6 Å². The fraction of sp³-hybridized carbons (Fsp3) is 0.561. The molecule has 0 bridgehead atoms. The van der Waals surface area contributed by atoms with Gasteiger partial charge in [-0.15, -0.1) is 31.1 Å². The summed E-state index contributed by atoms with van der Waals surface area (Å²) in [5.41, 5.74) is 10.8. The van der Waals surface area contributed by atoms with Crippen molar-refractivity contribution in [1.29, 1.82) is 0 Å². The van der Waals surface area contributed by atoms with Crippen molar-refractivity contribution < 1.29 is 28.6 Å². The first-order chi connectivity index (χ1) is 26.5. The van der Waals surface area contributed by atoms with Crippen molar-refractivity contribution in [2.75, 3.05) is 27.8 Å². The molecule has 13 nitrogen and oxygen atoms in total. The average Bonchev–Trinajstić information content (AvgIpc) is 3.72. The van der Waals surface area contributed by atoms with Gasteiger partial charge in [0.2, 0.25) is 11.8 Å². The largest absolute Gasteiger partial charge is 0.480 e. The SMILES string of the molecule is C/C=C\C1CC1C(=O)OC.C=C.C=CCCCCCC.CN1CCCC1C(N)=O.COc1nc(-c2nccn2C)nc2ccsc12.NC(=O)OC1CCCC1. The first-order valence-electron chi connectivity index (χ1n) is 19.0. The van der Waals surface area contributed by atoms with E-state index in [9.17, 15) is 14.4 Å². The van der Waals surface area contributed by atoms with Crippen molar-refractivity contribution in [2.24, 2.45) is 30.4 Å². The number of hydrogen-bond donors (Lipinski definition) is 2. The molecule has 3 aliphatic rings. The summed E-state index contributed by atoms with van der Waals surface area (Å²) >= 11 is 1.57. The molecule has 3 aromatic heterocycles. The van der Waals surface area contributed by atoms with Gasteiger partial charge in [0, 0.05) is 19.4 Å². The average molecular weight is 784 g/mol. The maximum atomic E-state index is 10.8. The Hall–Kier alpha value is -4.56. The molecule has 6 rings (SSSR count). The third kappa shape index (κ3) is 18.1. The number of imidazole rings is 1. The molecule has 2 aliphatic carbocycles. The van der Waals surface area contributed by atoms with Crippen LogP contribution in [0.4, 0.5) is 4.79 Å². The molecular weight excluding hydrogens is 719 g/mol. The maximum absolute atomic E-state index is 10.8. The molecule has 0 spiro atoms. The Balaban J connectivity index is 0.000000352.